The Kier molecular flexibility index (Phi) is 2.19. The maximum absolute atomic E-state index is 11.5. The number of rotatable bonds is 1. The quantitative estimate of drug-likeness (QED) is 0.625. The lowest BCUT2D eigenvalue weighted by molar-refractivity contribution is 0.172. The van der Waals surface area contributed by atoms with E-state index in [0.717, 1.165) is 25.5 Å². The Labute approximate surface area is 82.9 Å². The van der Waals surface area contributed by atoms with Crippen molar-refractivity contribution in [3.63, 3.8) is 0 Å². The second-order valence-electron chi connectivity index (χ2n) is 4.04. The Hall–Kier alpha value is -1.10. The first kappa shape index (κ1) is 9.45. The van der Waals surface area contributed by atoms with Crippen molar-refractivity contribution >= 4 is 0 Å². The van der Waals surface area contributed by atoms with Gasteiger partial charge in [-0.1, -0.05) is 0 Å². The third-order valence-corrected chi connectivity index (χ3v) is 2.77. The second-order valence-corrected chi connectivity index (χ2v) is 4.04. The lowest BCUT2D eigenvalue weighted by Gasteiger charge is -2.29. The Balaban J connectivity index is 2.32. The van der Waals surface area contributed by atoms with Crippen molar-refractivity contribution in [1.29, 1.82) is 0 Å². The molecule has 1 aromatic heterocycles. The molecule has 0 atom stereocenters. The molecule has 78 valence electrons. The molecule has 5 heteroatoms. The van der Waals surface area contributed by atoms with Crippen LogP contribution in [0, 0.1) is 0 Å². The van der Waals surface area contributed by atoms with Gasteiger partial charge >= 0.3 is 5.69 Å². The van der Waals surface area contributed by atoms with Gasteiger partial charge in [0, 0.05) is 26.2 Å². The Morgan fingerprint density at radius 3 is 2.71 bits per heavy atom. The molecule has 0 radical (unpaired) electrons. The summed E-state index contributed by atoms with van der Waals surface area (Å²) in [6, 6.07) is 0.515. The zero-order chi connectivity index (χ0) is 10.3. The Morgan fingerprint density at radius 1 is 1.36 bits per heavy atom. The van der Waals surface area contributed by atoms with Gasteiger partial charge in [-0.15, -0.1) is 0 Å². The standard InChI is InChI=1S/C9H16N4O/c1-7(2)12-4-5-13-8(6-12)10-11(3)9(13)14/h7H,4-6H2,1-3H3. The molecule has 0 aromatic carbocycles. The molecule has 5 nitrogen and oxygen atoms in total. The predicted octanol–water partition coefficient (Wildman–Crippen LogP) is -0.194. The number of hydrogen-bond donors (Lipinski definition) is 0. The fourth-order valence-corrected chi connectivity index (χ4v) is 1.83. The lowest BCUT2D eigenvalue weighted by atomic mass is 10.2. The topological polar surface area (TPSA) is 43.1 Å². The molecule has 2 heterocycles. The van der Waals surface area contributed by atoms with Gasteiger partial charge in [-0.05, 0) is 13.8 Å². The first-order valence-corrected chi connectivity index (χ1v) is 4.96. The molecule has 0 N–H and O–H groups in total. The highest BCUT2D eigenvalue weighted by Crippen LogP contribution is 2.10. The highest BCUT2D eigenvalue weighted by molar-refractivity contribution is 4.92. The monoisotopic (exact) mass is 196 g/mol. The van der Waals surface area contributed by atoms with Crippen molar-refractivity contribution in [3.05, 3.63) is 16.3 Å². The van der Waals surface area contributed by atoms with Crippen molar-refractivity contribution in [2.45, 2.75) is 33.0 Å². The van der Waals surface area contributed by atoms with Gasteiger partial charge in [0.25, 0.3) is 0 Å². The van der Waals surface area contributed by atoms with E-state index in [-0.39, 0.29) is 5.69 Å². The van der Waals surface area contributed by atoms with E-state index in [2.05, 4.69) is 23.8 Å². The fourth-order valence-electron chi connectivity index (χ4n) is 1.83. The van der Waals surface area contributed by atoms with E-state index in [4.69, 9.17) is 0 Å². The average Bonchev–Trinajstić information content (AvgIpc) is 2.42. The van der Waals surface area contributed by atoms with Gasteiger partial charge in [-0.2, -0.15) is 5.10 Å². The third kappa shape index (κ3) is 1.37. The summed E-state index contributed by atoms with van der Waals surface area (Å²) in [7, 11) is 1.70. The van der Waals surface area contributed by atoms with Crippen molar-refractivity contribution < 1.29 is 0 Å². The van der Waals surface area contributed by atoms with E-state index in [9.17, 15) is 4.79 Å². The first-order valence-electron chi connectivity index (χ1n) is 4.96. The minimum absolute atomic E-state index is 0.00315. The van der Waals surface area contributed by atoms with E-state index in [1.165, 1.54) is 4.68 Å². The number of aromatic nitrogens is 3. The highest BCUT2D eigenvalue weighted by Gasteiger charge is 2.21. The van der Waals surface area contributed by atoms with Gasteiger partial charge < -0.3 is 0 Å². The van der Waals surface area contributed by atoms with Crippen molar-refractivity contribution in [2.75, 3.05) is 6.54 Å². The normalized spacial score (nSPS) is 17.4. The van der Waals surface area contributed by atoms with E-state index in [0.29, 0.717) is 6.04 Å². The largest absolute Gasteiger partial charge is 0.345 e. The number of nitrogens with zero attached hydrogens (tertiary/aromatic N) is 4. The van der Waals surface area contributed by atoms with Crippen LogP contribution in [0.2, 0.25) is 0 Å². The summed E-state index contributed by atoms with van der Waals surface area (Å²) >= 11 is 0. The van der Waals surface area contributed by atoms with E-state index >= 15 is 0 Å². The van der Waals surface area contributed by atoms with Crippen LogP contribution in [0.4, 0.5) is 0 Å². The smallest absolute Gasteiger partial charge is 0.292 e. The molecule has 1 aliphatic rings. The van der Waals surface area contributed by atoms with Crippen LogP contribution in [0.5, 0.6) is 0 Å². The molecular formula is C9H16N4O. The minimum Gasteiger partial charge on any atom is -0.292 e. The molecule has 1 aliphatic heterocycles. The molecule has 0 aliphatic carbocycles. The Bertz CT molecular complexity index is 390. The lowest BCUT2D eigenvalue weighted by Crippen LogP contribution is -2.40. The second kappa shape index (κ2) is 3.24. The molecule has 0 amide bonds. The zero-order valence-electron chi connectivity index (χ0n) is 8.90. The minimum atomic E-state index is 0.00315. The van der Waals surface area contributed by atoms with E-state index < -0.39 is 0 Å². The van der Waals surface area contributed by atoms with Crippen molar-refractivity contribution in [1.82, 2.24) is 19.2 Å². The molecule has 2 rings (SSSR count). The van der Waals surface area contributed by atoms with Crippen LogP contribution in [-0.2, 0) is 20.1 Å². The van der Waals surface area contributed by atoms with E-state index in [1.807, 2.05) is 0 Å². The van der Waals surface area contributed by atoms with Gasteiger partial charge in [0.2, 0.25) is 0 Å². The molecular weight excluding hydrogens is 180 g/mol. The van der Waals surface area contributed by atoms with Crippen LogP contribution in [0.3, 0.4) is 0 Å². The molecule has 14 heavy (non-hydrogen) atoms. The summed E-state index contributed by atoms with van der Waals surface area (Å²) in [5.41, 5.74) is 0.00315. The molecule has 1 aromatic rings. The molecule has 0 spiro atoms. The van der Waals surface area contributed by atoms with E-state index in [1.54, 1.807) is 11.6 Å². The van der Waals surface area contributed by atoms with Crippen LogP contribution in [0.15, 0.2) is 4.79 Å². The van der Waals surface area contributed by atoms with Gasteiger partial charge in [-0.25, -0.2) is 9.48 Å². The summed E-state index contributed by atoms with van der Waals surface area (Å²) in [6.45, 7) is 6.82. The number of hydrogen-bond acceptors (Lipinski definition) is 3. The molecule has 0 saturated carbocycles. The fraction of sp³-hybridized carbons (Fsp3) is 0.778. The van der Waals surface area contributed by atoms with Gasteiger partial charge in [0.1, 0.15) is 5.82 Å². The van der Waals surface area contributed by atoms with Crippen LogP contribution < -0.4 is 5.69 Å². The molecule has 0 unspecified atom stereocenters. The van der Waals surface area contributed by atoms with Gasteiger partial charge in [-0.3, -0.25) is 9.47 Å². The maximum Gasteiger partial charge on any atom is 0.345 e. The SMILES string of the molecule is CC(C)N1CCn2c(nn(C)c2=O)C1. The van der Waals surface area contributed by atoms with Gasteiger partial charge in [0.15, 0.2) is 0 Å². The van der Waals surface area contributed by atoms with Gasteiger partial charge in [0.05, 0.1) is 6.54 Å². The first-order chi connectivity index (χ1) is 6.59. The number of fused-ring (bicyclic) bond motifs is 1. The summed E-state index contributed by atoms with van der Waals surface area (Å²) < 4.78 is 3.18. The summed E-state index contributed by atoms with van der Waals surface area (Å²) in [6.07, 6.45) is 0. The number of aryl methyl sites for hydroxylation is 1. The Morgan fingerprint density at radius 2 is 2.07 bits per heavy atom. The van der Waals surface area contributed by atoms with Crippen LogP contribution in [0.25, 0.3) is 0 Å². The highest BCUT2D eigenvalue weighted by atomic mass is 16.2. The zero-order valence-corrected chi connectivity index (χ0v) is 8.90. The van der Waals surface area contributed by atoms with Crippen molar-refractivity contribution in [3.8, 4) is 0 Å². The summed E-state index contributed by atoms with van der Waals surface area (Å²) in [5, 5.41) is 4.21. The molecule has 0 bridgehead atoms. The average molecular weight is 196 g/mol. The van der Waals surface area contributed by atoms with Crippen LogP contribution in [-0.4, -0.2) is 31.8 Å². The van der Waals surface area contributed by atoms with Crippen LogP contribution in [0.1, 0.15) is 19.7 Å². The van der Waals surface area contributed by atoms with Crippen LogP contribution >= 0.6 is 0 Å². The summed E-state index contributed by atoms with van der Waals surface area (Å²) in [4.78, 5) is 13.9. The third-order valence-electron chi connectivity index (χ3n) is 2.77. The van der Waals surface area contributed by atoms with Crippen molar-refractivity contribution in [2.24, 2.45) is 7.05 Å². The summed E-state index contributed by atoms with van der Waals surface area (Å²) in [5.74, 6) is 0.887. The molecule has 0 saturated heterocycles. The maximum atomic E-state index is 11.5. The molecule has 0 fully saturated rings. The predicted molar refractivity (Wildman–Crippen MR) is 53.0 cm³/mol.